The van der Waals surface area contributed by atoms with Gasteiger partial charge in [-0.25, -0.2) is 0 Å². The molecule has 1 unspecified atom stereocenters. The molecule has 0 saturated heterocycles. The smallest absolute Gasteiger partial charge is 0.220 e. The maximum absolute atomic E-state index is 11.8. The van der Waals surface area contributed by atoms with Gasteiger partial charge in [0.15, 0.2) is 0 Å². The van der Waals surface area contributed by atoms with Crippen molar-refractivity contribution in [2.24, 2.45) is 0 Å². The molecule has 1 atom stereocenters. The van der Waals surface area contributed by atoms with Gasteiger partial charge in [-0.05, 0) is 36.2 Å². The van der Waals surface area contributed by atoms with Crippen molar-refractivity contribution in [2.75, 3.05) is 6.61 Å². The van der Waals surface area contributed by atoms with Crippen molar-refractivity contribution in [3.05, 3.63) is 54.2 Å². The molecule has 19 heavy (non-hydrogen) atoms. The fourth-order valence-corrected chi connectivity index (χ4v) is 1.77. The van der Waals surface area contributed by atoms with Gasteiger partial charge in [-0.15, -0.1) is 0 Å². The molecule has 100 valence electrons. The molecule has 0 bridgehead atoms. The topological polar surface area (TPSA) is 75.4 Å². The molecule has 2 heterocycles. The fourth-order valence-electron chi connectivity index (χ4n) is 1.77. The summed E-state index contributed by atoms with van der Waals surface area (Å²) in [5, 5.41) is 12.0. The molecule has 2 aromatic rings. The molecule has 2 N–H and O–H groups in total. The monoisotopic (exact) mass is 260 g/mol. The highest BCUT2D eigenvalue weighted by molar-refractivity contribution is 5.76. The number of aliphatic hydroxyl groups excluding tert-OH is 1. The first-order valence-corrected chi connectivity index (χ1v) is 6.12. The highest BCUT2D eigenvalue weighted by Gasteiger charge is 2.15. The lowest BCUT2D eigenvalue weighted by Gasteiger charge is -2.13. The van der Waals surface area contributed by atoms with Crippen molar-refractivity contribution in [1.29, 1.82) is 0 Å². The van der Waals surface area contributed by atoms with E-state index in [0.717, 1.165) is 5.56 Å². The van der Waals surface area contributed by atoms with E-state index in [9.17, 15) is 9.90 Å². The van der Waals surface area contributed by atoms with Gasteiger partial charge < -0.3 is 14.8 Å². The molecule has 2 aromatic heterocycles. The van der Waals surface area contributed by atoms with Crippen LogP contribution in [-0.4, -0.2) is 22.6 Å². The van der Waals surface area contributed by atoms with Crippen LogP contribution in [0, 0.1) is 0 Å². The number of hydrogen-bond acceptors (Lipinski definition) is 4. The van der Waals surface area contributed by atoms with Gasteiger partial charge in [-0.3, -0.25) is 9.78 Å². The van der Waals surface area contributed by atoms with E-state index >= 15 is 0 Å². The normalized spacial score (nSPS) is 12.1. The summed E-state index contributed by atoms with van der Waals surface area (Å²) < 4.78 is 5.17. The van der Waals surface area contributed by atoms with Gasteiger partial charge in [0, 0.05) is 18.8 Å². The van der Waals surface area contributed by atoms with E-state index in [0.29, 0.717) is 18.6 Å². The first-order chi connectivity index (χ1) is 9.29. The largest absolute Gasteiger partial charge is 0.467 e. The highest BCUT2D eigenvalue weighted by atomic mass is 16.3. The number of nitrogens with one attached hydrogen (secondary N) is 1. The number of aryl methyl sites for hydroxylation is 1. The Bertz CT molecular complexity index is 497. The molecule has 0 radical (unpaired) electrons. The predicted molar refractivity (Wildman–Crippen MR) is 69.2 cm³/mol. The Hall–Kier alpha value is -2.14. The number of aromatic nitrogens is 1. The third kappa shape index (κ3) is 3.93. The second-order valence-corrected chi connectivity index (χ2v) is 4.17. The van der Waals surface area contributed by atoms with Gasteiger partial charge >= 0.3 is 0 Å². The molecule has 5 nitrogen and oxygen atoms in total. The maximum Gasteiger partial charge on any atom is 0.220 e. The molecule has 0 saturated carbocycles. The number of carbonyl (C=O) groups excluding carboxylic acids is 1. The van der Waals surface area contributed by atoms with Crippen molar-refractivity contribution in [3.63, 3.8) is 0 Å². The third-order valence-electron chi connectivity index (χ3n) is 2.79. The van der Waals surface area contributed by atoms with Crippen molar-refractivity contribution in [2.45, 2.75) is 18.9 Å². The molecule has 0 spiro atoms. The number of hydrogen-bond donors (Lipinski definition) is 2. The van der Waals surface area contributed by atoms with Crippen molar-refractivity contribution < 1.29 is 14.3 Å². The molecule has 0 fully saturated rings. The van der Waals surface area contributed by atoms with Crippen LogP contribution in [0.1, 0.15) is 23.8 Å². The highest BCUT2D eigenvalue weighted by Crippen LogP contribution is 2.13. The molecule has 5 heteroatoms. The summed E-state index contributed by atoms with van der Waals surface area (Å²) in [6.45, 7) is -0.186. The van der Waals surface area contributed by atoms with E-state index in [1.807, 2.05) is 12.1 Å². The summed E-state index contributed by atoms with van der Waals surface area (Å²) >= 11 is 0. The number of nitrogens with zero attached hydrogens (tertiary/aromatic N) is 1. The fraction of sp³-hybridized carbons (Fsp3) is 0.286. The lowest BCUT2D eigenvalue weighted by Crippen LogP contribution is -2.30. The van der Waals surface area contributed by atoms with Crippen molar-refractivity contribution >= 4 is 5.91 Å². The van der Waals surface area contributed by atoms with E-state index in [1.165, 1.54) is 6.26 Å². The minimum Gasteiger partial charge on any atom is -0.467 e. The summed E-state index contributed by atoms with van der Waals surface area (Å²) in [6.07, 6.45) is 5.92. The minimum absolute atomic E-state index is 0.118. The Morgan fingerprint density at radius 3 is 2.79 bits per heavy atom. The molecule has 0 aromatic carbocycles. The number of carbonyl (C=O) groups is 1. The Labute approximate surface area is 111 Å². The summed E-state index contributed by atoms with van der Waals surface area (Å²) in [5.74, 6) is 0.437. The molecular formula is C14H16N2O3. The number of rotatable bonds is 6. The number of pyridine rings is 1. The average molecular weight is 260 g/mol. The average Bonchev–Trinajstić information content (AvgIpc) is 2.97. The summed E-state index contributed by atoms with van der Waals surface area (Å²) in [6, 6.07) is 6.72. The molecule has 2 rings (SSSR count). The van der Waals surface area contributed by atoms with Crippen LogP contribution in [0.15, 0.2) is 47.3 Å². The van der Waals surface area contributed by atoms with Crippen LogP contribution >= 0.6 is 0 Å². The molecule has 1 amide bonds. The molecule has 0 aliphatic rings. The third-order valence-corrected chi connectivity index (χ3v) is 2.79. The van der Waals surface area contributed by atoms with Crippen LogP contribution in [-0.2, 0) is 11.2 Å². The van der Waals surface area contributed by atoms with Crippen LogP contribution in [0.25, 0.3) is 0 Å². The maximum atomic E-state index is 11.8. The van der Waals surface area contributed by atoms with E-state index in [-0.39, 0.29) is 12.5 Å². The predicted octanol–water partition coefficient (Wildman–Crippen LogP) is 1.46. The first-order valence-electron chi connectivity index (χ1n) is 6.12. The molecular weight excluding hydrogens is 244 g/mol. The Kier molecular flexibility index (Phi) is 4.69. The zero-order valence-electron chi connectivity index (χ0n) is 10.5. The van der Waals surface area contributed by atoms with Crippen LogP contribution in [0.5, 0.6) is 0 Å². The lowest BCUT2D eigenvalue weighted by atomic mass is 10.1. The summed E-state index contributed by atoms with van der Waals surface area (Å²) in [4.78, 5) is 15.7. The van der Waals surface area contributed by atoms with E-state index in [2.05, 4.69) is 10.3 Å². The van der Waals surface area contributed by atoms with Crippen LogP contribution in [0.3, 0.4) is 0 Å². The van der Waals surface area contributed by atoms with E-state index in [1.54, 1.807) is 24.5 Å². The first kappa shape index (κ1) is 13.3. The van der Waals surface area contributed by atoms with Crippen LogP contribution in [0.4, 0.5) is 0 Å². The SMILES string of the molecule is O=C(CCc1ccncc1)NC(CO)c1ccco1. The van der Waals surface area contributed by atoms with Crippen molar-refractivity contribution in [1.82, 2.24) is 10.3 Å². The minimum atomic E-state index is -0.486. The Morgan fingerprint density at radius 1 is 1.37 bits per heavy atom. The van der Waals surface area contributed by atoms with E-state index in [4.69, 9.17) is 4.42 Å². The van der Waals surface area contributed by atoms with E-state index < -0.39 is 6.04 Å². The molecule has 0 aliphatic heterocycles. The van der Waals surface area contributed by atoms with Gasteiger partial charge in [-0.1, -0.05) is 0 Å². The Balaban J connectivity index is 1.84. The van der Waals surface area contributed by atoms with Gasteiger partial charge in [0.05, 0.1) is 12.9 Å². The van der Waals surface area contributed by atoms with Gasteiger partial charge in [-0.2, -0.15) is 0 Å². The quantitative estimate of drug-likeness (QED) is 0.824. The second-order valence-electron chi connectivity index (χ2n) is 4.17. The van der Waals surface area contributed by atoms with Crippen molar-refractivity contribution in [3.8, 4) is 0 Å². The number of amides is 1. The Morgan fingerprint density at radius 2 is 2.16 bits per heavy atom. The number of aliphatic hydroxyl groups is 1. The summed E-state index contributed by atoms with van der Waals surface area (Å²) in [5.41, 5.74) is 1.06. The number of furan rings is 1. The zero-order chi connectivity index (χ0) is 13.5. The lowest BCUT2D eigenvalue weighted by molar-refractivity contribution is -0.122. The van der Waals surface area contributed by atoms with Gasteiger partial charge in [0.1, 0.15) is 11.8 Å². The summed E-state index contributed by atoms with van der Waals surface area (Å²) in [7, 11) is 0. The standard InChI is InChI=1S/C14H16N2O3/c17-10-12(13-2-1-9-19-13)16-14(18)4-3-11-5-7-15-8-6-11/h1-2,5-9,12,17H,3-4,10H2,(H,16,18). The van der Waals surface area contributed by atoms with Crippen LogP contribution < -0.4 is 5.32 Å². The van der Waals surface area contributed by atoms with Gasteiger partial charge in [0.25, 0.3) is 0 Å². The second kappa shape index (κ2) is 6.70. The van der Waals surface area contributed by atoms with Crippen LogP contribution in [0.2, 0.25) is 0 Å². The molecule has 0 aliphatic carbocycles. The van der Waals surface area contributed by atoms with Gasteiger partial charge in [0.2, 0.25) is 5.91 Å². The zero-order valence-corrected chi connectivity index (χ0v) is 10.5.